The molecule has 2 aromatic carbocycles. The van der Waals surface area contributed by atoms with Crippen molar-refractivity contribution in [3.8, 4) is 6.07 Å². The number of amides is 1. The molecule has 1 amide bonds. The van der Waals surface area contributed by atoms with Crippen LogP contribution in [0.5, 0.6) is 0 Å². The zero-order valence-electron chi connectivity index (χ0n) is 14.4. The number of carbonyl (C=O) groups is 1. The summed E-state index contributed by atoms with van der Waals surface area (Å²) in [7, 11) is 0. The van der Waals surface area contributed by atoms with Gasteiger partial charge in [0.2, 0.25) is 5.91 Å². The van der Waals surface area contributed by atoms with Gasteiger partial charge < -0.3 is 5.32 Å². The number of rotatable bonds is 3. The van der Waals surface area contributed by atoms with E-state index >= 15 is 0 Å². The Labute approximate surface area is 154 Å². The Kier molecular flexibility index (Phi) is 4.09. The van der Waals surface area contributed by atoms with E-state index in [1.807, 2.05) is 42.5 Å². The lowest BCUT2D eigenvalue weighted by molar-refractivity contribution is -0.116. The number of fused-ring (bicyclic) bond motifs is 2. The van der Waals surface area contributed by atoms with Crippen LogP contribution in [0.25, 0.3) is 10.8 Å². The summed E-state index contributed by atoms with van der Waals surface area (Å²) < 4.78 is 2.26. The maximum atomic E-state index is 12.6. The maximum absolute atomic E-state index is 12.6. The number of carbonyl (C=O) groups excluding carboxylic acids is 1. The van der Waals surface area contributed by atoms with Crippen molar-refractivity contribution in [1.29, 1.82) is 5.26 Å². The monoisotopic (exact) mass is 360 g/mol. The normalized spacial score (nSPS) is 12.6. The summed E-state index contributed by atoms with van der Waals surface area (Å²) in [6.07, 6.45) is 1.23. The van der Waals surface area contributed by atoms with Gasteiger partial charge in [-0.3, -0.25) is 14.2 Å². The summed E-state index contributed by atoms with van der Waals surface area (Å²) >= 11 is 0. The van der Waals surface area contributed by atoms with Crippen LogP contribution < -0.4 is 16.6 Å². The molecule has 0 radical (unpaired) electrons. The molecule has 3 aromatic rings. The van der Waals surface area contributed by atoms with E-state index in [4.69, 9.17) is 0 Å². The van der Waals surface area contributed by atoms with Crippen LogP contribution in [-0.2, 0) is 24.3 Å². The highest BCUT2D eigenvalue weighted by atomic mass is 16.2. The molecule has 0 spiro atoms. The molecule has 7 heteroatoms. The predicted octanol–water partition coefficient (Wildman–Crippen LogP) is 1.62. The molecule has 7 nitrogen and oxygen atoms in total. The number of hydrogen-bond acceptors (Lipinski definition) is 4. The van der Waals surface area contributed by atoms with Crippen molar-refractivity contribution in [2.45, 2.75) is 25.9 Å². The van der Waals surface area contributed by atoms with Gasteiger partial charge in [-0.2, -0.15) is 5.26 Å². The van der Waals surface area contributed by atoms with Crippen LogP contribution in [0.2, 0.25) is 0 Å². The Morgan fingerprint density at radius 3 is 2.74 bits per heavy atom. The molecular weight excluding hydrogens is 344 g/mol. The molecule has 1 N–H and O–H groups in total. The topological polar surface area (TPSA) is 96.9 Å². The minimum atomic E-state index is -0.705. The molecule has 0 atom stereocenters. The van der Waals surface area contributed by atoms with Gasteiger partial charge in [-0.1, -0.05) is 36.4 Å². The van der Waals surface area contributed by atoms with Crippen molar-refractivity contribution < 1.29 is 4.79 Å². The summed E-state index contributed by atoms with van der Waals surface area (Å²) in [6.45, 7) is 0.0178. The molecule has 0 saturated heterocycles. The largest absolute Gasteiger partial charge is 0.331 e. The highest BCUT2D eigenvalue weighted by Crippen LogP contribution is 2.22. The van der Waals surface area contributed by atoms with Crippen molar-refractivity contribution in [2.75, 3.05) is 5.32 Å². The van der Waals surface area contributed by atoms with Crippen LogP contribution in [-0.4, -0.2) is 15.0 Å². The number of nitrogens with zero attached hydrogens (tertiary/aromatic N) is 3. The minimum Gasteiger partial charge on any atom is -0.324 e. The number of anilines is 1. The van der Waals surface area contributed by atoms with E-state index in [2.05, 4.69) is 5.32 Å². The first-order chi connectivity index (χ1) is 13.1. The number of nitriles is 1. The smallest absolute Gasteiger partial charge is 0.324 e. The van der Waals surface area contributed by atoms with Gasteiger partial charge in [0.25, 0.3) is 5.56 Å². The maximum Gasteiger partial charge on any atom is 0.331 e. The molecule has 0 fully saturated rings. The Bertz CT molecular complexity index is 1230. The second kappa shape index (κ2) is 6.57. The highest BCUT2D eigenvalue weighted by molar-refractivity contribution is 6.02. The average Bonchev–Trinajstić information content (AvgIpc) is 3.16. The summed E-state index contributed by atoms with van der Waals surface area (Å²) in [5.41, 5.74) is -0.223. The van der Waals surface area contributed by atoms with Gasteiger partial charge >= 0.3 is 5.69 Å². The number of benzene rings is 2. The van der Waals surface area contributed by atoms with Gasteiger partial charge in [0.15, 0.2) is 0 Å². The van der Waals surface area contributed by atoms with Gasteiger partial charge in [-0.15, -0.1) is 0 Å². The molecule has 4 rings (SSSR count). The molecule has 1 aromatic heterocycles. The SMILES string of the molecule is N#Cc1c2n(c(=O)n(CC(=O)Nc3cccc4ccccc34)c1=O)CCC2. The molecule has 2 heterocycles. The van der Waals surface area contributed by atoms with Gasteiger partial charge in [0.05, 0.1) is 0 Å². The second-order valence-corrected chi connectivity index (χ2v) is 6.44. The van der Waals surface area contributed by atoms with E-state index in [0.717, 1.165) is 15.3 Å². The molecular formula is C20H16N4O3. The molecule has 134 valence electrons. The van der Waals surface area contributed by atoms with Crippen LogP contribution >= 0.6 is 0 Å². The lowest BCUT2D eigenvalue weighted by Gasteiger charge is -2.12. The number of hydrogen-bond donors (Lipinski definition) is 1. The van der Waals surface area contributed by atoms with Crippen molar-refractivity contribution in [3.63, 3.8) is 0 Å². The van der Waals surface area contributed by atoms with Crippen LogP contribution in [0.4, 0.5) is 5.69 Å². The average molecular weight is 360 g/mol. The fraction of sp³-hybridized carbons (Fsp3) is 0.200. The van der Waals surface area contributed by atoms with Crippen LogP contribution in [0.3, 0.4) is 0 Å². The fourth-order valence-corrected chi connectivity index (χ4v) is 3.56. The minimum absolute atomic E-state index is 0.0509. The fourth-order valence-electron chi connectivity index (χ4n) is 3.56. The first-order valence-electron chi connectivity index (χ1n) is 8.64. The third-order valence-corrected chi connectivity index (χ3v) is 4.81. The van der Waals surface area contributed by atoms with E-state index in [9.17, 15) is 19.6 Å². The molecule has 1 aliphatic rings. The Balaban J connectivity index is 1.69. The second-order valence-electron chi connectivity index (χ2n) is 6.44. The van der Waals surface area contributed by atoms with E-state index in [-0.39, 0.29) is 5.56 Å². The molecule has 0 unspecified atom stereocenters. The van der Waals surface area contributed by atoms with Crippen molar-refractivity contribution >= 4 is 22.4 Å². The van der Waals surface area contributed by atoms with Gasteiger partial charge in [0, 0.05) is 23.3 Å². The third kappa shape index (κ3) is 2.81. The van der Waals surface area contributed by atoms with Crippen LogP contribution in [0.15, 0.2) is 52.1 Å². The first kappa shape index (κ1) is 16.8. The molecule has 0 aliphatic carbocycles. The summed E-state index contributed by atoms with van der Waals surface area (Å²) in [5, 5.41) is 13.9. The lowest BCUT2D eigenvalue weighted by atomic mass is 10.1. The zero-order chi connectivity index (χ0) is 19.0. The lowest BCUT2D eigenvalue weighted by Crippen LogP contribution is -2.44. The molecule has 1 aliphatic heterocycles. The number of aromatic nitrogens is 2. The van der Waals surface area contributed by atoms with Gasteiger partial charge in [-0.25, -0.2) is 9.36 Å². The quantitative estimate of drug-likeness (QED) is 0.767. The Hall–Kier alpha value is -3.66. The van der Waals surface area contributed by atoms with E-state index in [1.54, 1.807) is 6.07 Å². The van der Waals surface area contributed by atoms with E-state index < -0.39 is 23.7 Å². The van der Waals surface area contributed by atoms with Crippen LogP contribution in [0, 0.1) is 11.3 Å². The van der Waals surface area contributed by atoms with Crippen molar-refractivity contribution in [2.24, 2.45) is 0 Å². The molecule has 0 bridgehead atoms. The van der Waals surface area contributed by atoms with Gasteiger partial charge in [0.1, 0.15) is 18.2 Å². The summed E-state index contributed by atoms with van der Waals surface area (Å²) in [5.74, 6) is -0.493. The summed E-state index contributed by atoms with van der Waals surface area (Å²) in [4.78, 5) is 37.6. The van der Waals surface area contributed by atoms with E-state index in [0.29, 0.717) is 30.8 Å². The molecule has 0 saturated carbocycles. The first-order valence-corrected chi connectivity index (χ1v) is 8.64. The van der Waals surface area contributed by atoms with Crippen LogP contribution in [0.1, 0.15) is 17.7 Å². The standard InChI is InChI=1S/C20H16N4O3/c21-11-15-17-9-4-10-23(17)20(27)24(19(15)26)12-18(25)22-16-8-3-6-13-5-1-2-7-14(13)16/h1-3,5-8H,4,9-10,12H2,(H,22,25). The van der Waals surface area contributed by atoms with Crippen molar-refractivity contribution in [3.05, 3.63) is 74.6 Å². The van der Waals surface area contributed by atoms with Gasteiger partial charge in [-0.05, 0) is 24.3 Å². The Morgan fingerprint density at radius 2 is 1.93 bits per heavy atom. The summed E-state index contributed by atoms with van der Waals surface area (Å²) in [6, 6.07) is 15.0. The third-order valence-electron chi connectivity index (χ3n) is 4.81. The predicted molar refractivity (Wildman–Crippen MR) is 101 cm³/mol. The zero-order valence-corrected chi connectivity index (χ0v) is 14.4. The highest BCUT2D eigenvalue weighted by Gasteiger charge is 2.23. The molecule has 27 heavy (non-hydrogen) atoms. The number of nitrogens with one attached hydrogen (secondary N) is 1. The Morgan fingerprint density at radius 1 is 1.15 bits per heavy atom. The van der Waals surface area contributed by atoms with Crippen molar-refractivity contribution in [1.82, 2.24) is 9.13 Å². The van der Waals surface area contributed by atoms with E-state index in [1.165, 1.54) is 4.57 Å².